The van der Waals surface area contributed by atoms with E-state index in [1.807, 2.05) is 0 Å². The minimum absolute atomic E-state index is 0.333. The number of hydrogen-bond donors (Lipinski definition) is 0. The summed E-state index contributed by atoms with van der Waals surface area (Å²) in [6, 6.07) is 4.33. The van der Waals surface area contributed by atoms with Crippen molar-refractivity contribution >= 4 is 11.9 Å². The van der Waals surface area contributed by atoms with Crippen molar-refractivity contribution in [2.75, 3.05) is 0 Å². The number of unbranched alkanes of at least 4 members (excludes halogenated alkanes) is 16. The molecule has 0 N–H and O–H groups in total. The molecule has 0 saturated heterocycles. The van der Waals surface area contributed by atoms with Gasteiger partial charge in [-0.15, -0.1) is 0 Å². The van der Waals surface area contributed by atoms with Crippen molar-refractivity contribution in [1.82, 2.24) is 0 Å². The maximum absolute atomic E-state index is 11.7. The quantitative estimate of drug-likeness (QED) is 0.125. The number of nitrogens with zero attached hydrogens (tertiary/aromatic N) is 2. The second-order valence-corrected chi connectivity index (χ2v) is 7.82. The van der Waals surface area contributed by atoms with E-state index in [9.17, 15) is 9.59 Å². The molecule has 0 unspecified atom stereocenters. The zero-order valence-electron chi connectivity index (χ0n) is 18.3. The highest BCUT2D eigenvalue weighted by Gasteiger charge is 2.09. The average Bonchev–Trinajstić information content (AvgIpc) is 2.70. The molecule has 29 heavy (non-hydrogen) atoms. The molecular weight excluding hydrogens is 364 g/mol. The molecule has 0 heterocycles. The van der Waals surface area contributed by atoms with Crippen molar-refractivity contribution in [1.29, 1.82) is 10.5 Å². The fraction of sp³-hybridized carbons (Fsp3) is 0.833. The smallest absolute Gasteiger partial charge is 0.313 e. The summed E-state index contributed by atoms with van der Waals surface area (Å²) in [7, 11) is 0. The van der Waals surface area contributed by atoms with E-state index in [1.165, 1.54) is 38.5 Å². The van der Waals surface area contributed by atoms with Gasteiger partial charge in [0.05, 0.1) is 12.1 Å². The molecule has 5 nitrogen and oxygen atoms in total. The predicted octanol–water partition coefficient (Wildman–Crippen LogP) is 6.91. The molecular formula is C24H40N2O3. The van der Waals surface area contributed by atoms with Gasteiger partial charge in [-0.05, 0) is 25.7 Å². The molecule has 0 aliphatic carbocycles. The lowest BCUT2D eigenvalue weighted by Gasteiger charge is -2.04. The zero-order valence-corrected chi connectivity index (χ0v) is 18.3. The van der Waals surface area contributed by atoms with Crippen LogP contribution in [0.25, 0.3) is 0 Å². The minimum Gasteiger partial charge on any atom is -0.393 e. The SMILES string of the molecule is N#CCCCCCCCCCCC(=O)OC(=O)CCCCCCCCCCC#N. The van der Waals surface area contributed by atoms with Gasteiger partial charge in [0.2, 0.25) is 0 Å². The van der Waals surface area contributed by atoms with E-state index in [-0.39, 0.29) is 11.9 Å². The topological polar surface area (TPSA) is 90.9 Å². The number of ether oxygens (including phenoxy) is 1. The third kappa shape index (κ3) is 22.3. The summed E-state index contributed by atoms with van der Waals surface area (Å²) in [4.78, 5) is 23.4. The van der Waals surface area contributed by atoms with Gasteiger partial charge in [-0.1, -0.05) is 77.0 Å². The summed E-state index contributed by atoms with van der Waals surface area (Å²) in [5.74, 6) is -0.771. The molecule has 0 rings (SSSR count). The highest BCUT2D eigenvalue weighted by atomic mass is 16.6. The lowest BCUT2D eigenvalue weighted by molar-refractivity contribution is -0.159. The van der Waals surface area contributed by atoms with Gasteiger partial charge < -0.3 is 4.74 Å². The van der Waals surface area contributed by atoms with Crippen LogP contribution in [-0.2, 0) is 14.3 Å². The molecule has 0 aromatic heterocycles. The molecule has 0 spiro atoms. The highest BCUT2D eigenvalue weighted by molar-refractivity contribution is 5.85. The minimum atomic E-state index is -0.385. The van der Waals surface area contributed by atoms with Crippen LogP contribution in [0.2, 0.25) is 0 Å². The first-order chi connectivity index (χ1) is 14.2. The van der Waals surface area contributed by atoms with Gasteiger partial charge >= 0.3 is 11.9 Å². The van der Waals surface area contributed by atoms with Crippen LogP contribution in [0.4, 0.5) is 0 Å². The summed E-state index contributed by atoms with van der Waals surface area (Å²) in [5.41, 5.74) is 0. The zero-order chi connectivity index (χ0) is 21.4. The van der Waals surface area contributed by atoms with Gasteiger partial charge in [0.1, 0.15) is 0 Å². The molecule has 0 aliphatic heterocycles. The number of rotatable bonds is 20. The standard InChI is InChI=1S/C24H40N2O3/c25-21-17-13-9-5-1-3-7-11-15-19-23(27)29-24(28)20-16-12-8-4-2-6-10-14-18-22-26/h1-20H2. The van der Waals surface area contributed by atoms with Gasteiger partial charge in [0.15, 0.2) is 0 Å². The van der Waals surface area contributed by atoms with Crippen LogP contribution < -0.4 is 0 Å². The van der Waals surface area contributed by atoms with E-state index >= 15 is 0 Å². The van der Waals surface area contributed by atoms with Gasteiger partial charge in [-0.2, -0.15) is 10.5 Å². The lowest BCUT2D eigenvalue weighted by atomic mass is 10.1. The third-order valence-electron chi connectivity index (χ3n) is 5.07. The molecule has 0 amide bonds. The highest BCUT2D eigenvalue weighted by Crippen LogP contribution is 2.12. The Labute approximate surface area is 177 Å². The van der Waals surface area contributed by atoms with Crippen LogP contribution in [0.3, 0.4) is 0 Å². The van der Waals surface area contributed by atoms with E-state index in [0.717, 1.165) is 64.2 Å². The molecule has 0 fully saturated rings. The number of esters is 2. The van der Waals surface area contributed by atoms with Crippen LogP contribution in [0, 0.1) is 22.7 Å². The predicted molar refractivity (Wildman–Crippen MR) is 115 cm³/mol. The molecule has 0 aromatic rings. The van der Waals surface area contributed by atoms with Crippen LogP contribution in [0.1, 0.15) is 128 Å². The Morgan fingerprint density at radius 3 is 1.07 bits per heavy atom. The second-order valence-electron chi connectivity index (χ2n) is 7.82. The maximum Gasteiger partial charge on any atom is 0.313 e. The summed E-state index contributed by atoms with van der Waals surface area (Å²) < 4.78 is 4.89. The number of carbonyl (C=O) groups excluding carboxylic acids is 2. The third-order valence-corrected chi connectivity index (χ3v) is 5.07. The lowest BCUT2D eigenvalue weighted by Crippen LogP contribution is -2.11. The monoisotopic (exact) mass is 404 g/mol. The summed E-state index contributed by atoms with van der Waals surface area (Å²) in [5, 5.41) is 16.9. The number of hydrogen-bond acceptors (Lipinski definition) is 5. The Balaban J connectivity index is 3.34. The Bertz CT molecular complexity index is 447. The van der Waals surface area contributed by atoms with Gasteiger partial charge in [0, 0.05) is 25.7 Å². The fourth-order valence-corrected chi connectivity index (χ4v) is 3.30. The maximum atomic E-state index is 11.7. The molecule has 164 valence electrons. The summed E-state index contributed by atoms with van der Waals surface area (Å²) >= 11 is 0. The molecule has 0 aliphatic rings. The van der Waals surface area contributed by atoms with E-state index in [4.69, 9.17) is 15.3 Å². The first-order valence-corrected chi connectivity index (χ1v) is 11.7. The molecule has 5 heteroatoms. The second kappa shape index (κ2) is 22.4. The van der Waals surface area contributed by atoms with Crippen molar-refractivity contribution in [2.45, 2.75) is 128 Å². The normalized spacial score (nSPS) is 10.3. The molecule has 0 atom stereocenters. The molecule has 0 radical (unpaired) electrons. The summed E-state index contributed by atoms with van der Waals surface area (Å²) in [6.07, 6.45) is 19.1. The van der Waals surface area contributed by atoms with Gasteiger partial charge in [-0.3, -0.25) is 9.59 Å². The molecule has 0 bridgehead atoms. The van der Waals surface area contributed by atoms with E-state index in [0.29, 0.717) is 25.7 Å². The first-order valence-electron chi connectivity index (χ1n) is 11.7. The van der Waals surface area contributed by atoms with Gasteiger partial charge in [-0.25, -0.2) is 0 Å². The van der Waals surface area contributed by atoms with Crippen LogP contribution in [0.5, 0.6) is 0 Å². The fourth-order valence-electron chi connectivity index (χ4n) is 3.30. The molecule has 0 aromatic carbocycles. The van der Waals surface area contributed by atoms with Gasteiger partial charge in [0.25, 0.3) is 0 Å². The van der Waals surface area contributed by atoms with Crippen molar-refractivity contribution in [2.24, 2.45) is 0 Å². The largest absolute Gasteiger partial charge is 0.393 e. The van der Waals surface area contributed by atoms with Crippen molar-refractivity contribution in [3.63, 3.8) is 0 Å². The van der Waals surface area contributed by atoms with Crippen molar-refractivity contribution < 1.29 is 14.3 Å². The number of carbonyl (C=O) groups is 2. The van der Waals surface area contributed by atoms with E-state index in [1.54, 1.807) is 0 Å². The van der Waals surface area contributed by atoms with Crippen LogP contribution in [0.15, 0.2) is 0 Å². The Morgan fingerprint density at radius 1 is 0.483 bits per heavy atom. The average molecular weight is 405 g/mol. The Hall–Kier alpha value is -1.88. The van der Waals surface area contributed by atoms with E-state index in [2.05, 4.69) is 12.1 Å². The number of nitriles is 2. The van der Waals surface area contributed by atoms with Crippen molar-refractivity contribution in [3.05, 3.63) is 0 Å². The van der Waals surface area contributed by atoms with Crippen LogP contribution in [-0.4, -0.2) is 11.9 Å². The summed E-state index contributed by atoms with van der Waals surface area (Å²) in [6.45, 7) is 0. The first kappa shape index (κ1) is 27.1. The van der Waals surface area contributed by atoms with Crippen LogP contribution >= 0.6 is 0 Å². The van der Waals surface area contributed by atoms with E-state index < -0.39 is 0 Å². The Morgan fingerprint density at radius 2 is 0.759 bits per heavy atom. The Kier molecular flexibility index (Phi) is 21.0. The van der Waals surface area contributed by atoms with Crippen molar-refractivity contribution in [3.8, 4) is 12.1 Å². The molecule has 0 saturated carbocycles.